The van der Waals surface area contributed by atoms with Crippen LogP contribution in [0.5, 0.6) is 0 Å². The number of anilines is 1. The topological polar surface area (TPSA) is 59.5 Å². The fourth-order valence-corrected chi connectivity index (χ4v) is 2.93. The number of halogens is 1. The second-order valence-corrected chi connectivity index (χ2v) is 5.76. The van der Waals surface area contributed by atoms with E-state index >= 15 is 0 Å². The lowest BCUT2D eigenvalue weighted by Crippen LogP contribution is -2.24. The number of carbonyl (C=O) groups is 2. The SMILES string of the molecule is COC(=O)C1=C(C)N(c2ccccc2Cl)C(=O)/C1=C\c1ccccn1. The average molecular weight is 355 g/mol. The Morgan fingerprint density at radius 1 is 1.20 bits per heavy atom. The fourth-order valence-electron chi connectivity index (χ4n) is 2.71. The number of aromatic nitrogens is 1. The third-order valence-corrected chi connectivity index (χ3v) is 4.18. The largest absolute Gasteiger partial charge is 0.465 e. The molecule has 0 spiro atoms. The Balaban J connectivity index is 2.17. The normalized spacial score (nSPS) is 15.9. The van der Waals surface area contributed by atoms with Gasteiger partial charge in [0.25, 0.3) is 5.91 Å². The fraction of sp³-hybridized carbons (Fsp3) is 0.105. The number of benzene rings is 1. The minimum Gasteiger partial charge on any atom is -0.465 e. The van der Waals surface area contributed by atoms with E-state index in [0.29, 0.717) is 22.1 Å². The predicted molar refractivity (Wildman–Crippen MR) is 95.9 cm³/mol. The molecule has 1 aliphatic heterocycles. The smallest absolute Gasteiger partial charge is 0.340 e. The number of carbonyl (C=O) groups excluding carboxylic acids is 2. The number of para-hydroxylation sites is 1. The number of allylic oxidation sites excluding steroid dienone is 1. The standard InChI is InChI=1S/C19H15ClN2O3/c1-12-17(19(24)25-2)14(11-13-7-5-6-10-21-13)18(23)22(12)16-9-4-3-8-15(16)20/h3-11H,1-2H3/b14-11-. The summed E-state index contributed by atoms with van der Waals surface area (Å²) in [4.78, 5) is 30.9. The lowest BCUT2D eigenvalue weighted by molar-refractivity contribution is -0.136. The van der Waals surface area contributed by atoms with Gasteiger partial charge < -0.3 is 4.74 Å². The van der Waals surface area contributed by atoms with E-state index in [4.69, 9.17) is 16.3 Å². The van der Waals surface area contributed by atoms with E-state index in [1.54, 1.807) is 61.7 Å². The van der Waals surface area contributed by atoms with Crippen LogP contribution < -0.4 is 4.90 Å². The van der Waals surface area contributed by atoms with E-state index in [1.807, 2.05) is 0 Å². The van der Waals surface area contributed by atoms with Crippen LogP contribution in [-0.4, -0.2) is 24.0 Å². The number of amides is 1. The highest BCUT2D eigenvalue weighted by Gasteiger charge is 2.38. The highest BCUT2D eigenvalue weighted by molar-refractivity contribution is 6.35. The highest BCUT2D eigenvalue weighted by atomic mass is 35.5. The lowest BCUT2D eigenvalue weighted by Gasteiger charge is -2.19. The first-order valence-electron chi connectivity index (χ1n) is 7.56. The van der Waals surface area contributed by atoms with Gasteiger partial charge in [-0.25, -0.2) is 4.79 Å². The van der Waals surface area contributed by atoms with Gasteiger partial charge in [0.15, 0.2) is 0 Å². The quantitative estimate of drug-likeness (QED) is 0.624. The third kappa shape index (κ3) is 3.06. The molecule has 1 aliphatic rings. The van der Waals surface area contributed by atoms with Crippen LogP contribution in [0.1, 0.15) is 12.6 Å². The summed E-state index contributed by atoms with van der Waals surface area (Å²) in [6, 6.07) is 12.3. The third-order valence-electron chi connectivity index (χ3n) is 3.86. The summed E-state index contributed by atoms with van der Waals surface area (Å²) >= 11 is 6.24. The molecular weight excluding hydrogens is 340 g/mol. The summed E-state index contributed by atoms with van der Waals surface area (Å²) in [5, 5.41) is 0.415. The first-order chi connectivity index (χ1) is 12.0. The molecule has 0 aliphatic carbocycles. The van der Waals surface area contributed by atoms with E-state index in [0.717, 1.165) is 0 Å². The van der Waals surface area contributed by atoms with Gasteiger partial charge in [-0.05, 0) is 37.3 Å². The van der Waals surface area contributed by atoms with Gasteiger partial charge in [0.05, 0.1) is 34.7 Å². The van der Waals surface area contributed by atoms with Gasteiger partial charge in [0.1, 0.15) is 0 Å². The maximum atomic E-state index is 13.0. The van der Waals surface area contributed by atoms with Gasteiger partial charge >= 0.3 is 5.97 Å². The van der Waals surface area contributed by atoms with Gasteiger partial charge in [-0.1, -0.05) is 29.8 Å². The summed E-state index contributed by atoms with van der Waals surface area (Å²) < 4.78 is 4.87. The molecule has 2 aromatic rings. The first-order valence-corrected chi connectivity index (χ1v) is 7.93. The Labute approximate surface area is 150 Å². The molecule has 0 bridgehead atoms. The van der Waals surface area contributed by atoms with Crippen LogP contribution in [0.25, 0.3) is 6.08 Å². The van der Waals surface area contributed by atoms with Crippen molar-refractivity contribution in [2.24, 2.45) is 0 Å². The van der Waals surface area contributed by atoms with E-state index < -0.39 is 5.97 Å². The van der Waals surface area contributed by atoms with Crippen LogP contribution in [0.4, 0.5) is 5.69 Å². The van der Waals surface area contributed by atoms with E-state index in [9.17, 15) is 9.59 Å². The van der Waals surface area contributed by atoms with Crippen LogP contribution in [0.3, 0.4) is 0 Å². The molecule has 0 atom stereocenters. The maximum Gasteiger partial charge on any atom is 0.340 e. The number of hydrogen-bond donors (Lipinski definition) is 0. The monoisotopic (exact) mass is 354 g/mol. The summed E-state index contributed by atoms with van der Waals surface area (Å²) in [6.45, 7) is 1.69. The molecule has 3 rings (SSSR count). The minimum absolute atomic E-state index is 0.207. The molecule has 25 heavy (non-hydrogen) atoms. The predicted octanol–water partition coefficient (Wildman–Crippen LogP) is 3.61. The molecule has 2 heterocycles. The molecule has 6 heteroatoms. The van der Waals surface area contributed by atoms with E-state index in [2.05, 4.69) is 4.98 Å². The molecule has 126 valence electrons. The van der Waals surface area contributed by atoms with Crippen LogP contribution in [-0.2, 0) is 14.3 Å². The molecule has 1 aromatic carbocycles. The molecule has 0 saturated heterocycles. The Bertz CT molecular complexity index is 904. The molecule has 5 nitrogen and oxygen atoms in total. The highest BCUT2D eigenvalue weighted by Crippen LogP contribution is 2.38. The Hall–Kier alpha value is -2.92. The van der Waals surface area contributed by atoms with E-state index in [-0.39, 0.29) is 17.1 Å². The number of rotatable bonds is 3. The molecule has 0 N–H and O–H groups in total. The first kappa shape index (κ1) is 16.9. The summed E-state index contributed by atoms with van der Waals surface area (Å²) in [5.41, 5.74) is 1.98. The van der Waals surface area contributed by atoms with Crippen molar-refractivity contribution in [1.82, 2.24) is 4.98 Å². The van der Waals surface area contributed by atoms with Crippen LogP contribution >= 0.6 is 11.6 Å². The zero-order valence-corrected chi connectivity index (χ0v) is 14.4. The molecule has 0 unspecified atom stereocenters. The number of ether oxygens (including phenoxy) is 1. The van der Waals surface area contributed by atoms with Crippen molar-refractivity contribution in [2.45, 2.75) is 6.92 Å². The van der Waals surface area contributed by atoms with Crippen LogP contribution in [0.2, 0.25) is 5.02 Å². The van der Waals surface area contributed by atoms with Crippen molar-refractivity contribution in [3.05, 3.63) is 76.2 Å². The van der Waals surface area contributed by atoms with Gasteiger partial charge in [-0.15, -0.1) is 0 Å². The number of methoxy groups -OCH3 is 1. The second-order valence-electron chi connectivity index (χ2n) is 5.36. The summed E-state index contributed by atoms with van der Waals surface area (Å²) in [6.07, 6.45) is 3.20. The van der Waals surface area contributed by atoms with Crippen molar-refractivity contribution in [3.8, 4) is 0 Å². The van der Waals surface area contributed by atoms with E-state index in [1.165, 1.54) is 12.0 Å². The zero-order valence-electron chi connectivity index (χ0n) is 13.7. The zero-order chi connectivity index (χ0) is 18.0. The molecular formula is C19H15ClN2O3. The Morgan fingerprint density at radius 3 is 2.56 bits per heavy atom. The Morgan fingerprint density at radius 2 is 1.92 bits per heavy atom. The number of pyridine rings is 1. The summed E-state index contributed by atoms with van der Waals surface area (Å²) in [5.74, 6) is -0.931. The molecule has 0 radical (unpaired) electrons. The summed E-state index contributed by atoms with van der Waals surface area (Å²) in [7, 11) is 1.28. The van der Waals surface area contributed by atoms with Gasteiger partial charge in [-0.3, -0.25) is 14.7 Å². The van der Waals surface area contributed by atoms with Gasteiger partial charge in [0, 0.05) is 11.9 Å². The van der Waals surface area contributed by atoms with Crippen molar-refractivity contribution in [2.75, 3.05) is 12.0 Å². The minimum atomic E-state index is -0.581. The molecule has 1 amide bonds. The van der Waals surface area contributed by atoms with Gasteiger partial charge in [0.2, 0.25) is 0 Å². The maximum absolute atomic E-state index is 13.0. The van der Waals surface area contributed by atoms with Crippen molar-refractivity contribution in [3.63, 3.8) is 0 Å². The van der Waals surface area contributed by atoms with Crippen molar-refractivity contribution < 1.29 is 14.3 Å². The number of nitrogens with zero attached hydrogens (tertiary/aromatic N) is 2. The van der Waals surface area contributed by atoms with Gasteiger partial charge in [-0.2, -0.15) is 0 Å². The van der Waals surface area contributed by atoms with Crippen molar-refractivity contribution in [1.29, 1.82) is 0 Å². The molecule has 1 aromatic heterocycles. The lowest BCUT2D eigenvalue weighted by atomic mass is 10.1. The Kier molecular flexibility index (Phi) is 4.67. The average Bonchev–Trinajstić information content (AvgIpc) is 2.86. The van der Waals surface area contributed by atoms with Crippen molar-refractivity contribution >= 4 is 35.2 Å². The number of esters is 1. The second kappa shape index (κ2) is 6.91. The van der Waals surface area contributed by atoms with Crippen LogP contribution in [0.15, 0.2) is 65.5 Å². The molecule has 0 saturated carbocycles. The molecule has 0 fully saturated rings. The van der Waals surface area contributed by atoms with Crippen LogP contribution in [0, 0.1) is 0 Å². The number of hydrogen-bond acceptors (Lipinski definition) is 4.